The van der Waals surface area contributed by atoms with E-state index in [0.717, 1.165) is 0 Å². The van der Waals surface area contributed by atoms with E-state index in [1.165, 1.54) is 14.0 Å². The zero-order chi connectivity index (χ0) is 14.8. The molecular formula is C16H14O5. The fourth-order valence-electron chi connectivity index (χ4n) is 2.18. The number of ether oxygens (including phenoxy) is 4. The van der Waals surface area contributed by atoms with Crippen LogP contribution in [0.15, 0.2) is 36.4 Å². The van der Waals surface area contributed by atoms with Gasteiger partial charge in [-0.1, -0.05) is 6.07 Å². The van der Waals surface area contributed by atoms with Gasteiger partial charge >= 0.3 is 0 Å². The first-order valence-electron chi connectivity index (χ1n) is 6.44. The van der Waals surface area contributed by atoms with Gasteiger partial charge in [0, 0.05) is 6.07 Å². The summed E-state index contributed by atoms with van der Waals surface area (Å²) >= 11 is 0. The van der Waals surface area contributed by atoms with Crippen LogP contribution in [0.1, 0.15) is 17.3 Å². The Bertz CT molecular complexity index is 693. The minimum Gasteiger partial charge on any atom is -0.496 e. The van der Waals surface area contributed by atoms with Crippen molar-refractivity contribution in [2.45, 2.75) is 6.92 Å². The summed E-state index contributed by atoms with van der Waals surface area (Å²) in [5.74, 6) is 2.68. The van der Waals surface area contributed by atoms with Crippen molar-refractivity contribution in [1.82, 2.24) is 0 Å². The van der Waals surface area contributed by atoms with E-state index in [4.69, 9.17) is 18.9 Å². The zero-order valence-electron chi connectivity index (χ0n) is 11.7. The van der Waals surface area contributed by atoms with Gasteiger partial charge in [0.1, 0.15) is 22.8 Å². The second-order valence-corrected chi connectivity index (χ2v) is 4.51. The fourth-order valence-corrected chi connectivity index (χ4v) is 2.18. The third-order valence-corrected chi connectivity index (χ3v) is 3.13. The van der Waals surface area contributed by atoms with Gasteiger partial charge in [0.15, 0.2) is 17.3 Å². The zero-order valence-corrected chi connectivity index (χ0v) is 11.7. The molecule has 0 aliphatic carbocycles. The summed E-state index contributed by atoms with van der Waals surface area (Å²) in [7, 11) is 1.52. The minimum absolute atomic E-state index is 0.122. The lowest BCUT2D eigenvalue weighted by molar-refractivity contribution is 0.101. The molecule has 1 heterocycles. The van der Waals surface area contributed by atoms with E-state index >= 15 is 0 Å². The first-order valence-corrected chi connectivity index (χ1v) is 6.44. The summed E-state index contributed by atoms with van der Waals surface area (Å²) in [5.41, 5.74) is 0.415. The van der Waals surface area contributed by atoms with Gasteiger partial charge in [-0.15, -0.1) is 0 Å². The molecule has 0 fully saturated rings. The number of hydrogen-bond acceptors (Lipinski definition) is 5. The van der Waals surface area contributed by atoms with Crippen LogP contribution in [0.2, 0.25) is 0 Å². The SMILES string of the molecule is COc1cccc(Oc2ccc3c(c2)OCO3)c1C(C)=O. The molecule has 1 aliphatic rings. The Morgan fingerprint density at radius 1 is 1.10 bits per heavy atom. The molecule has 5 nitrogen and oxygen atoms in total. The Balaban J connectivity index is 1.96. The molecule has 0 aromatic heterocycles. The molecule has 3 rings (SSSR count). The van der Waals surface area contributed by atoms with Crippen molar-refractivity contribution in [3.05, 3.63) is 42.0 Å². The van der Waals surface area contributed by atoms with E-state index in [2.05, 4.69) is 0 Å². The van der Waals surface area contributed by atoms with Crippen LogP contribution in [0.5, 0.6) is 28.7 Å². The number of Topliss-reactive ketones (excluding diaryl/α,β-unsaturated/α-hetero) is 1. The summed E-state index contributed by atoms with van der Waals surface area (Å²) in [6, 6.07) is 10.5. The van der Waals surface area contributed by atoms with E-state index in [1.54, 1.807) is 36.4 Å². The van der Waals surface area contributed by atoms with Gasteiger partial charge in [-0.05, 0) is 31.2 Å². The predicted molar refractivity (Wildman–Crippen MR) is 75.6 cm³/mol. The van der Waals surface area contributed by atoms with Crippen molar-refractivity contribution in [3.8, 4) is 28.7 Å². The normalized spacial score (nSPS) is 12.1. The molecule has 2 aromatic rings. The lowest BCUT2D eigenvalue weighted by atomic mass is 10.1. The monoisotopic (exact) mass is 286 g/mol. The molecule has 0 amide bonds. The van der Waals surface area contributed by atoms with E-state index in [0.29, 0.717) is 34.3 Å². The van der Waals surface area contributed by atoms with Crippen LogP contribution < -0.4 is 18.9 Å². The number of methoxy groups -OCH3 is 1. The summed E-state index contributed by atoms with van der Waals surface area (Å²) in [6.07, 6.45) is 0. The number of carbonyl (C=O) groups excluding carboxylic acids is 1. The van der Waals surface area contributed by atoms with Crippen molar-refractivity contribution < 1.29 is 23.7 Å². The van der Waals surface area contributed by atoms with Crippen LogP contribution in [-0.2, 0) is 0 Å². The lowest BCUT2D eigenvalue weighted by Gasteiger charge is -2.12. The largest absolute Gasteiger partial charge is 0.496 e. The minimum atomic E-state index is -0.122. The molecule has 1 aliphatic heterocycles. The smallest absolute Gasteiger partial charge is 0.231 e. The van der Waals surface area contributed by atoms with Crippen molar-refractivity contribution in [2.75, 3.05) is 13.9 Å². The quantitative estimate of drug-likeness (QED) is 0.806. The molecule has 0 saturated heterocycles. The molecule has 0 spiro atoms. The summed E-state index contributed by atoms with van der Waals surface area (Å²) in [6.45, 7) is 1.68. The maximum Gasteiger partial charge on any atom is 0.231 e. The molecule has 0 bridgehead atoms. The lowest BCUT2D eigenvalue weighted by Crippen LogP contribution is -2.00. The molecule has 2 aromatic carbocycles. The number of fused-ring (bicyclic) bond motifs is 1. The van der Waals surface area contributed by atoms with Crippen LogP contribution >= 0.6 is 0 Å². The van der Waals surface area contributed by atoms with Crippen LogP contribution in [0.4, 0.5) is 0 Å². The Morgan fingerprint density at radius 2 is 1.86 bits per heavy atom. The van der Waals surface area contributed by atoms with E-state index in [-0.39, 0.29) is 12.6 Å². The van der Waals surface area contributed by atoms with Crippen molar-refractivity contribution in [2.24, 2.45) is 0 Å². The van der Waals surface area contributed by atoms with Gasteiger partial charge in [0.2, 0.25) is 6.79 Å². The Hall–Kier alpha value is -2.69. The van der Waals surface area contributed by atoms with Gasteiger partial charge in [-0.2, -0.15) is 0 Å². The number of benzene rings is 2. The topological polar surface area (TPSA) is 54.0 Å². The van der Waals surface area contributed by atoms with E-state index < -0.39 is 0 Å². The summed E-state index contributed by atoms with van der Waals surface area (Å²) in [4.78, 5) is 11.8. The highest BCUT2D eigenvalue weighted by atomic mass is 16.7. The van der Waals surface area contributed by atoms with Gasteiger partial charge in [0.05, 0.1) is 7.11 Å². The number of rotatable bonds is 4. The van der Waals surface area contributed by atoms with Crippen molar-refractivity contribution >= 4 is 5.78 Å². The second kappa shape index (κ2) is 5.36. The van der Waals surface area contributed by atoms with Gasteiger partial charge in [-0.3, -0.25) is 4.79 Å². The highest BCUT2D eigenvalue weighted by molar-refractivity contribution is 5.99. The summed E-state index contributed by atoms with van der Waals surface area (Å²) < 4.78 is 21.6. The van der Waals surface area contributed by atoms with Crippen molar-refractivity contribution in [1.29, 1.82) is 0 Å². The third-order valence-electron chi connectivity index (χ3n) is 3.13. The second-order valence-electron chi connectivity index (χ2n) is 4.51. The Labute approximate surface area is 122 Å². The van der Waals surface area contributed by atoms with E-state index in [9.17, 15) is 4.79 Å². The highest BCUT2D eigenvalue weighted by Gasteiger charge is 2.18. The molecule has 0 unspecified atom stereocenters. The maximum absolute atomic E-state index is 11.8. The molecule has 5 heteroatoms. The average Bonchev–Trinajstić information content (AvgIpc) is 2.94. The molecule has 0 N–H and O–H groups in total. The number of ketones is 1. The maximum atomic E-state index is 11.8. The van der Waals surface area contributed by atoms with E-state index in [1.807, 2.05) is 0 Å². The molecule has 21 heavy (non-hydrogen) atoms. The van der Waals surface area contributed by atoms with Crippen LogP contribution in [0.3, 0.4) is 0 Å². The first kappa shape index (κ1) is 13.3. The fraction of sp³-hybridized carbons (Fsp3) is 0.188. The molecule has 0 atom stereocenters. The van der Waals surface area contributed by atoms with Gasteiger partial charge in [0.25, 0.3) is 0 Å². The Morgan fingerprint density at radius 3 is 2.62 bits per heavy atom. The molecule has 108 valence electrons. The molecular weight excluding hydrogens is 272 g/mol. The molecule has 0 radical (unpaired) electrons. The molecule has 0 saturated carbocycles. The third kappa shape index (κ3) is 2.50. The average molecular weight is 286 g/mol. The summed E-state index contributed by atoms with van der Waals surface area (Å²) in [5, 5.41) is 0. The van der Waals surface area contributed by atoms with Crippen molar-refractivity contribution in [3.63, 3.8) is 0 Å². The number of carbonyl (C=O) groups is 1. The first-order chi connectivity index (χ1) is 10.2. The standard InChI is InChI=1S/C16H14O5/c1-10(17)16-13(18-2)4-3-5-14(16)21-11-6-7-12-15(8-11)20-9-19-12/h3-8H,9H2,1-2H3. The van der Waals surface area contributed by atoms with Gasteiger partial charge < -0.3 is 18.9 Å². The van der Waals surface area contributed by atoms with Crippen LogP contribution in [-0.4, -0.2) is 19.7 Å². The Kier molecular flexibility index (Phi) is 3.39. The number of hydrogen-bond donors (Lipinski definition) is 0. The van der Waals surface area contributed by atoms with Gasteiger partial charge in [-0.25, -0.2) is 0 Å². The highest BCUT2D eigenvalue weighted by Crippen LogP contribution is 2.38. The van der Waals surface area contributed by atoms with Crippen LogP contribution in [0.25, 0.3) is 0 Å². The van der Waals surface area contributed by atoms with Crippen LogP contribution in [0, 0.1) is 0 Å². The predicted octanol–water partition coefficient (Wildman–Crippen LogP) is 3.42.